The largest absolute Gasteiger partial charge is 0.469 e. The molecule has 0 heterocycles. The third-order valence-corrected chi connectivity index (χ3v) is 19.1. The summed E-state index contributed by atoms with van der Waals surface area (Å²) in [5.74, 6) is -0.349. The molecule has 0 amide bonds. The van der Waals surface area contributed by atoms with Gasteiger partial charge in [-0.05, 0) is 84.1 Å². The standard InChI is InChI=1S/C20H46O7Si4/c1-9-13-20(23)24-16-12-19-31(25-28(2,3)4,26-29(5,6)17-10-14-21)27-30(7,8)18-11-15-22/h9,13,21-22H,10-12,14-19H2,1-8H3. The number of carbonyl (C=O) groups is 1. The molecule has 11 heteroatoms. The second kappa shape index (κ2) is 14.2. The van der Waals surface area contributed by atoms with Gasteiger partial charge in [0.05, 0.1) is 6.61 Å². The van der Waals surface area contributed by atoms with Gasteiger partial charge in [0, 0.05) is 25.3 Å². The molecule has 0 spiro atoms. The number of esters is 1. The van der Waals surface area contributed by atoms with Crippen LogP contribution in [0.4, 0.5) is 0 Å². The van der Waals surface area contributed by atoms with E-state index < -0.39 is 33.8 Å². The first-order chi connectivity index (χ1) is 14.2. The Morgan fingerprint density at radius 2 is 1.26 bits per heavy atom. The highest BCUT2D eigenvalue weighted by atomic mass is 28.5. The first kappa shape index (κ1) is 30.9. The number of hydrogen-bond acceptors (Lipinski definition) is 7. The number of hydrogen-bond donors (Lipinski definition) is 2. The first-order valence-corrected chi connectivity index (χ1v) is 22.9. The Hall–Kier alpha value is -0.122. The Kier molecular flexibility index (Phi) is 14.2. The molecule has 0 aliphatic rings. The van der Waals surface area contributed by atoms with Crippen LogP contribution in [0, 0.1) is 0 Å². The fraction of sp³-hybridized carbons (Fsp3) is 0.850. The maximum absolute atomic E-state index is 11.7. The Morgan fingerprint density at radius 3 is 1.65 bits per heavy atom. The topological polar surface area (TPSA) is 94.5 Å². The van der Waals surface area contributed by atoms with Gasteiger partial charge in [-0.25, -0.2) is 4.79 Å². The Balaban J connectivity index is 5.73. The fourth-order valence-electron chi connectivity index (χ4n) is 3.28. The van der Waals surface area contributed by atoms with Gasteiger partial charge in [-0.15, -0.1) is 0 Å². The summed E-state index contributed by atoms with van der Waals surface area (Å²) in [5, 5.41) is 18.6. The van der Waals surface area contributed by atoms with Crippen molar-refractivity contribution >= 4 is 39.7 Å². The second-order valence-electron chi connectivity index (χ2n) is 10.0. The maximum Gasteiger partial charge on any atom is 0.469 e. The molecule has 31 heavy (non-hydrogen) atoms. The van der Waals surface area contributed by atoms with Crippen molar-refractivity contribution in [2.24, 2.45) is 0 Å². The average molecular weight is 511 g/mol. The summed E-state index contributed by atoms with van der Waals surface area (Å²) in [4.78, 5) is 11.7. The predicted molar refractivity (Wildman–Crippen MR) is 136 cm³/mol. The zero-order chi connectivity index (χ0) is 24.2. The number of carbonyl (C=O) groups excluding carboxylic acids is 1. The molecule has 7 nitrogen and oxygen atoms in total. The minimum Gasteiger partial charge on any atom is -0.463 e. The molecule has 2 N–H and O–H groups in total. The van der Waals surface area contributed by atoms with E-state index in [-0.39, 0.29) is 25.8 Å². The van der Waals surface area contributed by atoms with Crippen LogP contribution in [-0.4, -0.2) is 69.8 Å². The van der Waals surface area contributed by atoms with Crippen molar-refractivity contribution in [1.29, 1.82) is 0 Å². The monoisotopic (exact) mass is 510 g/mol. The number of allylic oxidation sites excluding steroid dienone is 1. The van der Waals surface area contributed by atoms with Crippen LogP contribution in [-0.2, 0) is 21.9 Å². The summed E-state index contributed by atoms with van der Waals surface area (Å²) in [6.45, 7) is 17.4. The third kappa shape index (κ3) is 15.4. The highest BCUT2D eigenvalue weighted by molar-refractivity contribution is 6.90. The van der Waals surface area contributed by atoms with E-state index in [0.717, 1.165) is 12.1 Å². The summed E-state index contributed by atoms with van der Waals surface area (Å²) < 4.78 is 25.7. The average Bonchev–Trinajstić information content (AvgIpc) is 2.60. The van der Waals surface area contributed by atoms with Crippen LogP contribution in [0.1, 0.15) is 26.2 Å². The molecule has 0 aromatic heterocycles. The molecule has 0 saturated carbocycles. The normalized spacial score (nSPS) is 13.7. The molecule has 0 aromatic rings. The van der Waals surface area contributed by atoms with Crippen LogP contribution in [0.2, 0.25) is 64.0 Å². The van der Waals surface area contributed by atoms with Crippen molar-refractivity contribution < 1.29 is 32.1 Å². The number of rotatable bonds is 17. The van der Waals surface area contributed by atoms with Crippen molar-refractivity contribution in [2.75, 3.05) is 19.8 Å². The predicted octanol–water partition coefficient (Wildman–Crippen LogP) is 4.49. The van der Waals surface area contributed by atoms with Gasteiger partial charge in [-0.2, -0.15) is 0 Å². The van der Waals surface area contributed by atoms with Crippen LogP contribution in [0.5, 0.6) is 0 Å². The molecule has 184 valence electrons. The summed E-state index contributed by atoms with van der Waals surface area (Å²) >= 11 is 0. The van der Waals surface area contributed by atoms with Gasteiger partial charge < -0.3 is 27.3 Å². The fourth-order valence-corrected chi connectivity index (χ4v) is 20.0. The van der Waals surface area contributed by atoms with E-state index in [1.807, 2.05) is 0 Å². The van der Waals surface area contributed by atoms with E-state index in [9.17, 15) is 15.0 Å². The van der Waals surface area contributed by atoms with Crippen molar-refractivity contribution in [1.82, 2.24) is 0 Å². The smallest absolute Gasteiger partial charge is 0.463 e. The summed E-state index contributed by atoms with van der Waals surface area (Å²) in [5.41, 5.74) is 0. The van der Waals surface area contributed by atoms with Crippen LogP contribution in [0.15, 0.2) is 12.2 Å². The van der Waals surface area contributed by atoms with Gasteiger partial charge >= 0.3 is 14.8 Å². The summed E-state index contributed by atoms with van der Waals surface area (Å²) in [7, 11) is -9.41. The van der Waals surface area contributed by atoms with Crippen LogP contribution >= 0.6 is 0 Å². The molecule has 0 saturated heterocycles. The van der Waals surface area contributed by atoms with Gasteiger partial charge in [0.1, 0.15) is 0 Å². The Morgan fingerprint density at radius 1 is 0.774 bits per heavy atom. The van der Waals surface area contributed by atoms with Crippen LogP contribution in [0.3, 0.4) is 0 Å². The Labute approximate surface area is 193 Å². The van der Waals surface area contributed by atoms with Crippen molar-refractivity contribution in [3.63, 3.8) is 0 Å². The van der Waals surface area contributed by atoms with Crippen molar-refractivity contribution in [3.05, 3.63) is 12.2 Å². The first-order valence-electron chi connectivity index (χ1n) is 11.3. The maximum atomic E-state index is 11.7. The van der Waals surface area contributed by atoms with E-state index in [4.69, 9.17) is 17.1 Å². The second-order valence-corrected chi connectivity index (χ2v) is 26.6. The van der Waals surface area contributed by atoms with E-state index in [1.54, 1.807) is 13.0 Å². The molecule has 0 aliphatic carbocycles. The van der Waals surface area contributed by atoms with E-state index in [0.29, 0.717) is 25.3 Å². The molecule has 0 aliphatic heterocycles. The quantitative estimate of drug-likeness (QED) is 0.129. The minimum absolute atomic E-state index is 0.141. The van der Waals surface area contributed by atoms with E-state index >= 15 is 0 Å². The van der Waals surface area contributed by atoms with E-state index in [1.165, 1.54) is 6.08 Å². The lowest BCUT2D eigenvalue weighted by atomic mass is 10.5. The zero-order valence-electron chi connectivity index (χ0n) is 21.0. The van der Waals surface area contributed by atoms with Crippen molar-refractivity contribution in [2.45, 2.75) is 90.1 Å². The van der Waals surface area contributed by atoms with Gasteiger partial charge in [-0.1, -0.05) is 6.08 Å². The molecule has 0 radical (unpaired) electrons. The molecule has 0 rings (SSSR count). The molecule has 0 fully saturated rings. The molecule has 0 unspecified atom stereocenters. The van der Waals surface area contributed by atoms with Crippen LogP contribution < -0.4 is 0 Å². The van der Waals surface area contributed by atoms with Gasteiger partial charge in [-0.3, -0.25) is 0 Å². The zero-order valence-corrected chi connectivity index (χ0v) is 25.0. The highest BCUT2D eigenvalue weighted by Gasteiger charge is 2.51. The highest BCUT2D eigenvalue weighted by Crippen LogP contribution is 2.32. The lowest BCUT2D eigenvalue weighted by Crippen LogP contribution is -2.61. The molecule has 0 aromatic carbocycles. The SMILES string of the molecule is CC=CC(=O)OCCC[Si](O[Si](C)(C)C)(O[Si](C)(C)CCCO)O[Si](C)(C)CCCO. The Bertz CT molecular complexity index is 526. The number of ether oxygens (including phenoxy) is 1. The minimum atomic E-state index is -3.08. The van der Waals surface area contributed by atoms with Crippen LogP contribution in [0.25, 0.3) is 0 Å². The summed E-state index contributed by atoms with van der Waals surface area (Å²) in [6.07, 6.45) is 5.07. The molecule has 0 bridgehead atoms. The lowest BCUT2D eigenvalue weighted by molar-refractivity contribution is -0.137. The molecular weight excluding hydrogens is 465 g/mol. The van der Waals surface area contributed by atoms with Gasteiger partial charge in [0.15, 0.2) is 25.0 Å². The lowest BCUT2D eigenvalue weighted by Gasteiger charge is -2.44. The van der Waals surface area contributed by atoms with Gasteiger partial charge in [0.2, 0.25) is 0 Å². The van der Waals surface area contributed by atoms with Gasteiger partial charge in [0.25, 0.3) is 0 Å². The number of aliphatic hydroxyl groups excluding tert-OH is 2. The third-order valence-electron chi connectivity index (χ3n) is 4.37. The molecular formula is C20H46O7Si4. The van der Waals surface area contributed by atoms with E-state index in [2.05, 4.69) is 45.8 Å². The summed E-state index contributed by atoms with van der Waals surface area (Å²) in [6, 6.07) is 2.24. The number of aliphatic hydroxyl groups is 2. The molecule has 0 atom stereocenters. The van der Waals surface area contributed by atoms with Crippen molar-refractivity contribution in [3.8, 4) is 0 Å².